The molecule has 2 saturated heterocycles. The van der Waals surface area contributed by atoms with Gasteiger partial charge < -0.3 is 24.7 Å². The molecule has 1 aromatic heterocycles. The average molecular weight is 453 g/mol. The van der Waals surface area contributed by atoms with E-state index in [0.29, 0.717) is 10.9 Å². The fraction of sp³-hybridized carbons (Fsp3) is 0.333. The summed E-state index contributed by atoms with van der Waals surface area (Å²) in [5, 5.41) is 15.8. The van der Waals surface area contributed by atoms with Crippen molar-refractivity contribution in [3.8, 4) is 5.69 Å². The molecule has 0 spiro atoms. The van der Waals surface area contributed by atoms with E-state index in [-0.39, 0.29) is 11.6 Å². The van der Waals surface area contributed by atoms with Gasteiger partial charge in [-0.05, 0) is 47.4 Å². The number of hydrogen-bond acceptors (Lipinski definition) is 3. The summed E-state index contributed by atoms with van der Waals surface area (Å²) in [5.74, 6) is -0.766. The molecule has 2 aromatic carbocycles. The standard InChI is InChI=1S/C24H25ClN4O3/c25-18-3-6-22-20(13-18)21(14-29(22)19-4-1-17(2-5-19)23(30)31)16-7-10-27(11-8-16)15-28-12-9-26-24(28)32/h1-6,13-14,16H,7-12,15H2,(H,26,32)(H,30,31). The predicted octanol–water partition coefficient (Wildman–Crippen LogP) is 1.39. The molecule has 2 amide bonds. The second-order valence-electron chi connectivity index (χ2n) is 8.63. The van der Waals surface area contributed by atoms with Crippen molar-refractivity contribution in [1.82, 2.24) is 14.8 Å². The highest BCUT2D eigenvalue weighted by Crippen LogP contribution is 2.35. The Morgan fingerprint density at radius 3 is 2.56 bits per heavy atom. The van der Waals surface area contributed by atoms with Gasteiger partial charge in [-0.1, -0.05) is 23.7 Å². The van der Waals surface area contributed by atoms with Crippen molar-refractivity contribution < 1.29 is 19.6 Å². The number of nitrogens with one attached hydrogen (secondary N) is 2. The smallest absolute Gasteiger partial charge is 0.321 e. The largest absolute Gasteiger partial charge is 0.545 e. The second-order valence-corrected chi connectivity index (χ2v) is 9.06. The summed E-state index contributed by atoms with van der Waals surface area (Å²) in [4.78, 5) is 26.3. The topological polar surface area (TPSA) is 81.8 Å². The van der Waals surface area contributed by atoms with Gasteiger partial charge in [0.15, 0.2) is 6.67 Å². The first-order chi connectivity index (χ1) is 15.5. The summed E-state index contributed by atoms with van der Waals surface area (Å²) in [5.41, 5.74) is 3.38. The maximum atomic E-state index is 11.9. The number of amides is 2. The molecule has 166 valence electrons. The highest BCUT2D eigenvalue weighted by atomic mass is 35.5. The van der Waals surface area contributed by atoms with Crippen LogP contribution in [0.15, 0.2) is 48.7 Å². The van der Waals surface area contributed by atoms with Crippen molar-refractivity contribution in [3.05, 3.63) is 64.8 Å². The summed E-state index contributed by atoms with van der Waals surface area (Å²) in [7, 11) is 0. The van der Waals surface area contributed by atoms with Crippen molar-refractivity contribution in [3.63, 3.8) is 0 Å². The minimum atomic E-state index is -1.18. The van der Waals surface area contributed by atoms with Crippen LogP contribution in [0.3, 0.4) is 0 Å². The molecule has 0 radical (unpaired) electrons. The van der Waals surface area contributed by atoms with E-state index in [0.717, 1.165) is 62.3 Å². The molecule has 0 atom stereocenters. The SMILES string of the molecule is O=C([O-])c1ccc(-n2cc(C3CC[NH+](CN4CCNC4=O)CC3)c3cc(Cl)ccc32)cc1. The third-order valence-corrected chi connectivity index (χ3v) is 6.91. The number of carboxylic acid groups (broad SMARTS) is 1. The number of piperidine rings is 1. The van der Waals surface area contributed by atoms with E-state index >= 15 is 0 Å². The number of hydrogen-bond donors (Lipinski definition) is 2. The number of carbonyl (C=O) groups is 2. The van der Waals surface area contributed by atoms with Crippen LogP contribution in [0.5, 0.6) is 0 Å². The molecule has 8 heteroatoms. The van der Waals surface area contributed by atoms with Crippen LogP contribution in [0.1, 0.15) is 34.7 Å². The lowest BCUT2D eigenvalue weighted by molar-refractivity contribution is -0.913. The lowest BCUT2D eigenvalue weighted by Crippen LogP contribution is -3.14. The number of aromatic nitrogens is 1. The van der Waals surface area contributed by atoms with Crippen LogP contribution in [0.25, 0.3) is 16.6 Å². The molecule has 5 rings (SSSR count). The molecule has 2 fully saturated rings. The molecule has 2 aliphatic rings. The molecule has 0 saturated carbocycles. The van der Waals surface area contributed by atoms with Gasteiger partial charge in [0.2, 0.25) is 0 Å². The zero-order valence-electron chi connectivity index (χ0n) is 17.6. The molecule has 3 aromatic rings. The lowest BCUT2D eigenvalue weighted by Gasteiger charge is -2.31. The number of quaternary nitrogens is 1. The molecular formula is C24H25ClN4O3. The summed E-state index contributed by atoms with van der Waals surface area (Å²) in [6, 6.07) is 12.7. The van der Waals surface area contributed by atoms with Gasteiger partial charge in [-0.25, -0.2) is 4.79 Å². The van der Waals surface area contributed by atoms with Crippen LogP contribution in [-0.2, 0) is 0 Å². The quantitative estimate of drug-likeness (QED) is 0.614. The van der Waals surface area contributed by atoms with E-state index in [1.807, 2.05) is 23.1 Å². The fourth-order valence-electron chi connectivity index (χ4n) is 4.95. The van der Waals surface area contributed by atoms with Gasteiger partial charge in [0.25, 0.3) is 0 Å². The van der Waals surface area contributed by atoms with Crippen molar-refractivity contribution in [2.24, 2.45) is 0 Å². The highest BCUT2D eigenvalue weighted by molar-refractivity contribution is 6.31. The second kappa shape index (κ2) is 8.48. The van der Waals surface area contributed by atoms with Gasteiger partial charge in [0, 0.05) is 48.2 Å². The van der Waals surface area contributed by atoms with Crippen LogP contribution in [-0.4, -0.2) is 54.3 Å². The van der Waals surface area contributed by atoms with Gasteiger partial charge in [0.05, 0.1) is 24.6 Å². The van der Waals surface area contributed by atoms with Crippen molar-refractivity contribution in [2.75, 3.05) is 32.8 Å². The minimum Gasteiger partial charge on any atom is -0.545 e. The molecule has 2 N–H and O–H groups in total. The summed E-state index contributed by atoms with van der Waals surface area (Å²) in [6.45, 7) is 4.31. The monoisotopic (exact) mass is 452 g/mol. The number of carboxylic acids is 1. The molecule has 0 unspecified atom stereocenters. The van der Waals surface area contributed by atoms with Gasteiger partial charge in [-0.3, -0.25) is 4.90 Å². The molecule has 7 nitrogen and oxygen atoms in total. The molecule has 3 heterocycles. The molecule has 2 aliphatic heterocycles. The zero-order chi connectivity index (χ0) is 22.2. The number of aromatic carboxylic acids is 1. The van der Waals surface area contributed by atoms with E-state index in [1.165, 1.54) is 10.5 Å². The van der Waals surface area contributed by atoms with Gasteiger partial charge >= 0.3 is 6.03 Å². The van der Waals surface area contributed by atoms with Crippen LogP contribution < -0.4 is 15.3 Å². The first-order valence-corrected chi connectivity index (χ1v) is 11.4. The Kier molecular flexibility index (Phi) is 5.53. The van der Waals surface area contributed by atoms with Gasteiger partial charge in [-0.2, -0.15) is 0 Å². The number of carbonyl (C=O) groups excluding carboxylic acids is 2. The number of halogens is 1. The molecular weight excluding hydrogens is 428 g/mol. The minimum absolute atomic E-state index is 0.0435. The normalized spacial score (nSPS) is 21.2. The van der Waals surface area contributed by atoms with Crippen molar-refractivity contribution >= 4 is 34.5 Å². The van der Waals surface area contributed by atoms with E-state index in [9.17, 15) is 14.7 Å². The maximum Gasteiger partial charge on any atom is 0.321 e. The Morgan fingerprint density at radius 2 is 1.91 bits per heavy atom. The molecule has 0 aliphatic carbocycles. The van der Waals surface area contributed by atoms with Gasteiger partial charge in [-0.15, -0.1) is 0 Å². The van der Waals surface area contributed by atoms with Crippen LogP contribution in [0, 0.1) is 0 Å². The van der Waals surface area contributed by atoms with Crippen LogP contribution in [0.2, 0.25) is 5.02 Å². The Labute approximate surface area is 191 Å². The Hall–Kier alpha value is -3.03. The van der Waals surface area contributed by atoms with Crippen molar-refractivity contribution in [1.29, 1.82) is 0 Å². The van der Waals surface area contributed by atoms with E-state index < -0.39 is 5.97 Å². The Morgan fingerprint density at radius 1 is 1.16 bits per heavy atom. The van der Waals surface area contributed by atoms with Gasteiger partial charge in [0.1, 0.15) is 0 Å². The highest BCUT2D eigenvalue weighted by Gasteiger charge is 2.29. The fourth-order valence-corrected chi connectivity index (χ4v) is 5.12. The van der Waals surface area contributed by atoms with Crippen LogP contribution >= 0.6 is 11.6 Å². The maximum absolute atomic E-state index is 11.9. The molecule has 32 heavy (non-hydrogen) atoms. The van der Waals surface area contributed by atoms with E-state index in [4.69, 9.17) is 11.6 Å². The average Bonchev–Trinajstić information content (AvgIpc) is 3.37. The lowest BCUT2D eigenvalue weighted by atomic mass is 9.89. The summed E-state index contributed by atoms with van der Waals surface area (Å²) in [6.07, 6.45) is 4.25. The summed E-state index contributed by atoms with van der Waals surface area (Å²) >= 11 is 6.34. The number of urea groups is 1. The van der Waals surface area contributed by atoms with Crippen molar-refractivity contribution in [2.45, 2.75) is 18.8 Å². The third-order valence-electron chi connectivity index (χ3n) is 6.67. The Balaban J connectivity index is 1.40. The number of likely N-dealkylation sites (tertiary alicyclic amines) is 1. The first-order valence-electron chi connectivity index (χ1n) is 11.0. The zero-order valence-corrected chi connectivity index (χ0v) is 18.4. The predicted molar refractivity (Wildman–Crippen MR) is 120 cm³/mol. The first kappa shape index (κ1) is 20.8. The number of fused-ring (bicyclic) bond motifs is 1. The number of benzene rings is 2. The third kappa shape index (κ3) is 3.94. The number of rotatable bonds is 5. The van der Waals surface area contributed by atoms with E-state index in [1.54, 1.807) is 24.3 Å². The Bertz CT molecular complexity index is 1170. The van der Waals surface area contributed by atoms with Crippen LogP contribution in [0.4, 0.5) is 4.79 Å². The summed E-state index contributed by atoms with van der Waals surface area (Å²) < 4.78 is 2.11. The molecule has 0 bridgehead atoms. The van der Waals surface area contributed by atoms with E-state index in [2.05, 4.69) is 16.1 Å². The number of nitrogens with zero attached hydrogens (tertiary/aromatic N) is 2.